The maximum Gasteiger partial charge on any atom is 0.119 e. The molecule has 19 heavy (non-hydrogen) atoms. The number of hydrogen-bond acceptors (Lipinski definition) is 2. The van der Waals surface area contributed by atoms with Crippen molar-refractivity contribution in [3.63, 3.8) is 0 Å². The molecule has 0 aromatic heterocycles. The summed E-state index contributed by atoms with van der Waals surface area (Å²) in [5.74, 6) is 1.74. The summed E-state index contributed by atoms with van der Waals surface area (Å²) in [5, 5.41) is 0. The largest absolute Gasteiger partial charge is 0.497 e. The molecule has 0 N–H and O–H groups in total. The number of fused-ring (bicyclic) bond motifs is 2. The molecule has 2 bridgehead atoms. The molecule has 2 fully saturated rings. The minimum Gasteiger partial charge on any atom is -0.497 e. The lowest BCUT2D eigenvalue weighted by atomic mass is 9.57. The molecule has 1 saturated heterocycles. The zero-order valence-corrected chi connectivity index (χ0v) is 12.4. The molecule has 3 atom stereocenters. The Bertz CT molecular complexity index is 458. The Morgan fingerprint density at radius 3 is 2.95 bits per heavy atom. The molecule has 1 aliphatic carbocycles. The molecule has 104 valence electrons. The van der Waals surface area contributed by atoms with Gasteiger partial charge in [0.1, 0.15) is 5.75 Å². The number of ether oxygens (including phenoxy) is 1. The molecule has 0 amide bonds. The van der Waals surface area contributed by atoms with Crippen molar-refractivity contribution < 1.29 is 4.74 Å². The molecular weight excluding hydrogens is 234 g/mol. The van der Waals surface area contributed by atoms with E-state index in [4.69, 9.17) is 4.74 Å². The molecule has 1 aromatic rings. The summed E-state index contributed by atoms with van der Waals surface area (Å²) in [6.07, 6.45) is 5.35. The predicted octanol–water partition coefficient (Wildman–Crippen LogP) is 3.46. The third-order valence-electron chi connectivity index (χ3n) is 5.69. The van der Waals surface area contributed by atoms with Crippen LogP contribution in [0.15, 0.2) is 24.3 Å². The van der Waals surface area contributed by atoms with E-state index in [1.165, 1.54) is 37.8 Å². The standard InChI is InChI=1S/C17H25NO/c1-13-16-8-5-9-17(13,10-11-18(16)2)14-6-4-7-15(12-14)19-3/h4,6-7,12-13,16H,5,8-11H2,1-3H3/t13-,16-,17-/m1/s1. The van der Waals surface area contributed by atoms with E-state index in [2.05, 4.69) is 43.1 Å². The second kappa shape index (κ2) is 4.82. The first kappa shape index (κ1) is 13.0. The van der Waals surface area contributed by atoms with E-state index in [-0.39, 0.29) is 0 Å². The zero-order valence-electron chi connectivity index (χ0n) is 12.4. The SMILES string of the molecule is COc1cccc([C@@]23CCC[C@H]([C@H]2C)N(C)CC3)c1. The number of likely N-dealkylation sites (tertiary alicyclic amines) is 1. The highest BCUT2D eigenvalue weighted by Crippen LogP contribution is 2.50. The molecule has 1 aliphatic heterocycles. The van der Waals surface area contributed by atoms with Crippen LogP contribution >= 0.6 is 0 Å². The van der Waals surface area contributed by atoms with Crippen molar-refractivity contribution in [2.45, 2.75) is 44.1 Å². The lowest BCUT2D eigenvalue weighted by molar-refractivity contribution is 0.0126. The topological polar surface area (TPSA) is 12.5 Å². The van der Waals surface area contributed by atoms with Crippen LogP contribution in [0.4, 0.5) is 0 Å². The smallest absolute Gasteiger partial charge is 0.119 e. The Hall–Kier alpha value is -1.02. The fraction of sp³-hybridized carbons (Fsp3) is 0.647. The predicted molar refractivity (Wildman–Crippen MR) is 78.7 cm³/mol. The van der Waals surface area contributed by atoms with E-state index in [0.717, 1.165) is 17.7 Å². The first-order chi connectivity index (χ1) is 9.17. The molecule has 1 heterocycles. The normalized spacial score (nSPS) is 35.1. The molecule has 1 saturated carbocycles. The fourth-order valence-electron chi connectivity index (χ4n) is 4.45. The maximum atomic E-state index is 5.43. The number of nitrogens with zero attached hydrogens (tertiary/aromatic N) is 1. The van der Waals surface area contributed by atoms with E-state index in [9.17, 15) is 0 Å². The van der Waals surface area contributed by atoms with Crippen LogP contribution in [0, 0.1) is 5.92 Å². The van der Waals surface area contributed by atoms with Crippen molar-refractivity contribution >= 4 is 0 Å². The van der Waals surface area contributed by atoms with E-state index in [1.54, 1.807) is 7.11 Å². The van der Waals surface area contributed by atoms with Crippen LogP contribution in [-0.4, -0.2) is 31.6 Å². The van der Waals surface area contributed by atoms with Crippen molar-refractivity contribution in [2.24, 2.45) is 5.92 Å². The Morgan fingerprint density at radius 2 is 2.16 bits per heavy atom. The van der Waals surface area contributed by atoms with Gasteiger partial charge in [0.25, 0.3) is 0 Å². The minimum absolute atomic E-state index is 0.379. The van der Waals surface area contributed by atoms with Crippen LogP contribution in [0.25, 0.3) is 0 Å². The van der Waals surface area contributed by atoms with Gasteiger partial charge in [0, 0.05) is 11.5 Å². The zero-order chi connectivity index (χ0) is 13.5. The van der Waals surface area contributed by atoms with Crippen LogP contribution < -0.4 is 4.74 Å². The quantitative estimate of drug-likeness (QED) is 0.806. The van der Waals surface area contributed by atoms with Crippen molar-refractivity contribution in [3.8, 4) is 5.75 Å². The van der Waals surface area contributed by atoms with Gasteiger partial charge in [0.15, 0.2) is 0 Å². The first-order valence-electron chi connectivity index (χ1n) is 7.52. The van der Waals surface area contributed by atoms with Gasteiger partial charge in [-0.2, -0.15) is 0 Å². The van der Waals surface area contributed by atoms with Crippen LogP contribution in [0.1, 0.15) is 38.2 Å². The second-order valence-corrected chi connectivity index (χ2v) is 6.37. The average Bonchev–Trinajstić information content (AvgIpc) is 2.44. The first-order valence-corrected chi connectivity index (χ1v) is 7.52. The average molecular weight is 259 g/mol. The summed E-state index contributed by atoms with van der Waals surface area (Å²) in [6.45, 7) is 3.69. The van der Waals surface area contributed by atoms with Gasteiger partial charge in [0.05, 0.1) is 7.11 Å². The van der Waals surface area contributed by atoms with Crippen LogP contribution in [-0.2, 0) is 5.41 Å². The number of piperidine rings is 1. The lowest BCUT2D eigenvalue weighted by Crippen LogP contribution is -2.56. The van der Waals surface area contributed by atoms with E-state index >= 15 is 0 Å². The van der Waals surface area contributed by atoms with E-state index in [0.29, 0.717) is 5.41 Å². The fourth-order valence-corrected chi connectivity index (χ4v) is 4.45. The maximum absolute atomic E-state index is 5.43. The van der Waals surface area contributed by atoms with Crippen LogP contribution in [0.2, 0.25) is 0 Å². The number of rotatable bonds is 2. The molecule has 2 nitrogen and oxygen atoms in total. The minimum atomic E-state index is 0.379. The van der Waals surface area contributed by atoms with Crippen molar-refractivity contribution in [2.75, 3.05) is 20.7 Å². The number of methoxy groups -OCH3 is 1. The van der Waals surface area contributed by atoms with Crippen LogP contribution in [0.3, 0.4) is 0 Å². The highest BCUT2D eigenvalue weighted by atomic mass is 16.5. The van der Waals surface area contributed by atoms with Gasteiger partial charge < -0.3 is 9.64 Å². The van der Waals surface area contributed by atoms with E-state index < -0.39 is 0 Å². The molecular formula is C17H25NO. The number of hydrogen-bond donors (Lipinski definition) is 0. The van der Waals surface area contributed by atoms with E-state index in [1.807, 2.05) is 0 Å². The van der Waals surface area contributed by atoms with Crippen LogP contribution in [0.5, 0.6) is 5.75 Å². The number of benzene rings is 1. The molecule has 2 heteroatoms. The lowest BCUT2D eigenvalue weighted by Gasteiger charge is -2.55. The highest BCUT2D eigenvalue weighted by Gasteiger charge is 2.48. The molecule has 1 aromatic carbocycles. The summed E-state index contributed by atoms with van der Waals surface area (Å²) in [7, 11) is 4.06. The molecule has 3 rings (SSSR count). The Labute approximate surface area is 116 Å². The van der Waals surface area contributed by atoms with Crippen molar-refractivity contribution in [1.82, 2.24) is 4.90 Å². The monoisotopic (exact) mass is 259 g/mol. The molecule has 0 radical (unpaired) electrons. The summed E-state index contributed by atoms with van der Waals surface area (Å²) >= 11 is 0. The van der Waals surface area contributed by atoms with Gasteiger partial charge in [-0.05, 0) is 56.5 Å². The molecule has 0 unspecified atom stereocenters. The third kappa shape index (κ3) is 1.97. The van der Waals surface area contributed by atoms with Gasteiger partial charge in [-0.25, -0.2) is 0 Å². The second-order valence-electron chi connectivity index (χ2n) is 6.37. The van der Waals surface area contributed by atoms with Gasteiger partial charge in [0.2, 0.25) is 0 Å². The summed E-state index contributed by atoms with van der Waals surface area (Å²) < 4.78 is 5.43. The Balaban J connectivity index is 2.00. The Kier molecular flexibility index (Phi) is 3.30. The molecule has 0 spiro atoms. The third-order valence-corrected chi connectivity index (χ3v) is 5.69. The van der Waals surface area contributed by atoms with Crippen molar-refractivity contribution in [1.29, 1.82) is 0 Å². The summed E-state index contributed by atoms with van der Waals surface area (Å²) in [6, 6.07) is 9.54. The van der Waals surface area contributed by atoms with Gasteiger partial charge in [-0.3, -0.25) is 0 Å². The summed E-state index contributed by atoms with van der Waals surface area (Å²) in [5.41, 5.74) is 1.88. The molecule has 2 aliphatic rings. The van der Waals surface area contributed by atoms with Crippen molar-refractivity contribution in [3.05, 3.63) is 29.8 Å². The Morgan fingerprint density at radius 1 is 1.32 bits per heavy atom. The van der Waals surface area contributed by atoms with Gasteiger partial charge in [-0.15, -0.1) is 0 Å². The summed E-state index contributed by atoms with van der Waals surface area (Å²) in [4.78, 5) is 2.57. The highest BCUT2D eigenvalue weighted by molar-refractivity contribution is 5.36. The van der Waals surface area contributed by atoms with Gasteiger partial charge in [-0.1, -0.05) is 25.5 Å². The van der Waals surface area contributed by atoms with Gasteiger partial charge >= 0.3 is 0 Å².